The molecule has 4 nitrogen and oxygen atoms in total. The molecular formula is C20H22F3N3O. The van der Waals surface area contributed by atoms with Crippen molar-refractivity contribution < 1.29 is 17.9 Å². The van der Waals surface area contributed by atoms with E-state index in [0.717, 1.165) is 50.4 Å². The maximum Gasteiger partial charge on any atom is 0.416 e. The van der Waals surface area contributed by atoms with E-state index in [-0.39, 0.29) is 6.17 Å². The van der Waals surface area contributed by atoms with Gasteiger partial charge in [0.15, 0.2) is 5.75 Å². The number of nitrogens with zero attached hydrogens (tertiary/aromatic N) is 2. The third-order valence-electron chi connectivity index (χ3n) is 5.25. The Kier molecular flexibility index (Phi) is 4.74. The maximum atomic E-state index is 13.2. The first-order valence-corrected chi connectivity index (χ1v) is 9.16. The number of nitrogens with one attached hydrogen (secondary N) is 1. The predicted molar refractivity (Wildman–Crippen MR) is 98.0 cm³/mol. The molecule has 0 radical (unpaired) electrons. The lowest BCUT2D eigenvalue weighted by Crippen LogP contribution is -2.48. The maximum absolute atomic E-state index is 13.2. The highest BCUT2D eigenvalue weighted by molar-refractivity contribution is 5.63. The molecule has 2 aromatic rings. The molecule has 0 saturated carbocycles. The zero-order chi connectivity index (χ0) is 19.0. The van der Waals surface area contributed by atoms with Gasteiger partial charge in [-0.1, -0.05) is 25.1 Å². The van der Waals surface area contributed by atoms with E-state index in [1.54, 1.807) is 0 Å². The fourth-order valence-electron chi connectivity index (χ4n) is 3.68. The minimum Gasteiger partial charge on any atom is -0.455 e. The van der Waals surface area contributed by atoms with Crippen molar-refractivity contribution >= 4 is 5.69 Å². The van der Waals surface area contributed by atoms with Gasteiger partial charge in [-0.15, -0.1) is 0 Å². The summed E-state index contributed by atoms with van der Waals surface area (Å²) in [6.07, 6.45) is -4.62. The van der Waals surface area contributed by atoms with Crippen LogP contribution in [-0.4, -0.2) is 42.5 Å². The summed E-state index contributed by atoms with van der Waals surface area (Å²) in [6, 6.07) is 11.2. The minimum atomic E-state index is -4.39. The van der Waals surface area contributed by atoms with Crippen molar-refractivity contribution in [1.29, 1.82) is 0 Å². The first-order chi connectivity index (χ1) is 13.0. The molecule has 2 heterocycles. The zero-order valence-electron chi connectivity index (χ0n) is 15.1. The summed E-state index contributed by atoms with van der Waals surface area (Å²) in [4.78, 5) is 4.63. The van der Waals surface area contributed by atoms with Crippen LogP contribution < -0.4 is 10.1 Å². The van der Waals surface area contributed by atoms with Gasteiger partial charge in [0.2, 0.25) is 0 Å². The van der Waals surface area contributed by atoms with Crippen LogP contribution in [0.5, 0.6) is 11.5 Å². The Morgan fingerprint density at radius 3 is 2.48 bits per heavy atom. The number of alkyl halides is 3. The zero-order valence-corrected chi connectivity index (χ0v) is 15.1. The van der Waals surface area contributed by atoms with Gasteiger partial charge in [0.25, 0.3) is 0 Å². The Morgan fingerprint density at radius 1 is 1.04 bits per heavy atom. The van der Waals surface area contributed by atoms with E-state index in [1.165, 1.54) is 6.07 Å². The number of anilines is 1. The van der Waals surface area contributed by atoms with Crippen LogP contribution >= 0.6 is 0 Å². The largest absolute Gasteiger partial charge is 0.455 e. The van der Waals surface area contributed by atoms with Crippen molar-refractivity contribution in [2.24, 2.45) is 0 Å². The van der Waals surface area contributed by atoms with Gasteiger partial charge in [0, 0.05) is 31.7 Å². The number of rotatable bonds is 2. The lowest BCUT2D eigenvalue weighted by Gasteiger charge is -2.39. The highest BCUT2D eigenvalue weighted by Gasteiger charge is 2.34. The van der Waals surface area contributed by atoms with Crippen molar-refractivity contribution in [3.8, 4) is 11.5 Å². The van der Waals surface area contributed by atoms with Crippen LogP contribution in [0.2, 0.25) is 0 Å². The molecule has 0 spiro atoms. The van der Waals surface area contributed by atoms with Crippen molar-refractivity contribution in [2.75, 3.05) is 38.0 Å². The molecular weight excluding hydrogens is 355 g/mol. The molecule has 1 N–H and O–H groups in total. The standard InChI is InChI=1S/C20H22F3N3O/c1-2-25-9-11-26(12-10-25)19-15-5-3-4-6-17(15)27-18-8-7-14(20(21,22)23)13-16(18)24-19/h3-8,13,19,24H,2,9-12H2,1H3. The van der Waals surface area contributed by atoms with E-state index < -0.39 is 11.7 Å². The average molecular weight is 377 g/mol. The van der Waals surface area contributed by atoms with Crippen LogP contribution in [0.15, 0.2) is 42.5 Å². The lowest BCUT2D eigenvalue weighted by atomic mass is 10.1. The summed E-state index contributed by atoms with van der Waals surface area (Å²) in [5.74, 6) is 1.08. The van der Waals surface area contributed by atoms with Crippen LogP contribution in [0, 0.1) is 0 Å². The highest BCUT2D eigenvalue weighted by Crippen LogP contribution is 2.43. The number of hydrogen-bond acceptors (Lipinski definition) is 4. The van der Waals surface area contributed by atoms with Crippen LogP contribution in [0.25, 0.3) is 0 Å². The molecule has 2 aromatic carbocycles. The molecule has 144 valence electrons. The fraction of sp³-hybridized carbons (Fsp3) is 0.400. The average Bonchev–Trinajstić information content (AvgIpc) is 2.83. The Labute approximate surface area is 156 Å². The van der Waals surface area contributed by atoms with Gasteiger partial charge >= 0.3 is 6.18 Å². The van der Waals surface area contributed by atoms with Crippen molar-refractivity contribution in [1.82, 2.24) is 9.80 Å². The smallest absolute Gasteiger partial charge is 0.416 e. The number of halogens is 3. The number of likely N-dealkylation sites (N-methyl/N-ethyl adjacent to an activating group) is 1. The highest BCUT2D eigenvalue weighted by atomic mass is 19.4. The summed E-state index contributed by atoms with van der Waals surface area (Å²) >= 11 is 0. The van der Waals surface area contributed by atoms with E-state index in [1.807, 2.05) is 24.3 Å². The van der Waals surface area contributed by atoms with Gasteiger partial charge in [-0.3, -0.25) is 4.90 Å². The second-order valence-electron chi connectivity index (χ2n) is 6.87. The number of para-hydroxylation sites is 1. The van der Waals surface area contributed by atoms with E-state index in [4.69, 9.17) is 4.74 Å². The van der Waals surface area contributed by atoms with Crippen molar-refractivity contribution in [2.45, 2.75) is 19.3 Å². The third-order valence-corrected chi connectivity index (χ3v) is 5.25. The third kappa shape index (κ3) is 3.61. The van der Waals surface area contributed by atoms with Gasteiger partial charge in [0.1, 0.15) is 11.9 Å². The predicted octanol–water partition coefficient (Wildman–Crippen LogP) is 4.56. The Bertz CT molecular complexity index is 816. The molecule has 7 heteroatoms. The molecule has 0 aromatic heterocycles. The summed E-state index contributed by atoms with van der Waals surface area (Å²) in [5.41, 5.74) is 0.619. The SMILES string of the molecule is CCN1CCN(C2Nc3cc(C(F)(F)F)ccc3Oc3ccccc32)CC1. The first kappa shape index (κ1) is 18.1. The summed E-state index contributed by atoms with van der Waals surface area (Å²) in [6.45, 7) is 6.70. The van der Waals surface area contributed by atoms with Crippen LogP contribution in [0.3, 0.4) is 0 Å². The summed E-state index contributed by atoms with van der Waals surface area (Å²) in [7, 11) is 0. The molecule has 2 aliphatic rings. The topological polar surface area (TPSA) is 27.7 Å². The van der Waals surface area contributed by atoms with Crippen LogP contribution in [0.4, 0.5) is 18.9 Å². The van der Waals surface area contributed by atoms with E-state index in [0.29, 0.717) is 17.2 Å². The fourth-order valence-corrected chi connectivity index (χ4v) is 3.68. The van der Waals surface area contributed by atoms with E-state index in [9.17, 15) is 13.2 Å². The molecule has 0 aliphatic carbocycles. The van der Waals surface area contributed by atoms with Crippen molar-refractivity contribution in [3.63, 3.8) is 0 Å². The van der Waals surface area contributed by atoms with E-state index in [2.05, 4.69) is 22.0 Å². The van der Waals surface area contributed by atoms with Gasteiger partial charge in [-0.2, -0.15) is 13.2 Å². The molecule has 1 fully saturated rings. The lowest BCUT2D eigenvalue weighted by molar-refractivity contribution is -0.137. The second kappa shape index (κ2) is 7.05. The number of ether oxygens (including phenoxy) is 1. The Balaban J connectivity index is 1.71. The molecule has 1 unspecified atom stereocenters. The summed E-state index contributed by atoms with van der Waals surface area (Å²) < 4.78 is 45.5. The molecule has 0 amide bonds. The van der Waals surface area contributed by atoms with E-state index >= 15 is 0 Å². The number of piperazine rings is 1. The van der Waals surface area contributed by atoms with Crippen LogP contribution in [-0.2, 0) is 6.18 Å². The molecule has 2 aliphatic heterocycles. The monoisotopic (exact) mass is 377 g/mol. The molecule has 4 rings (SSSR count). The van der Waals surface area contributed by atoms with Gasteiger partial charge in [0.05, 0.1) is 11.3 Å². The molecule has 0 bridgehead atoms. The number of hydrogen-bond donors (Lipinski definition) is 1. The normalized spacial score (nSPS) is 20.8. The van der Waals surface area contributed by atoms with Gasteiger partial charge in [-0.25, -0.2) is 0 Å². The quantitative estimate of drug-likeness (QED) is 0.830. The number of benzene rings is 2. The van der Waals surface area contributed by atoms with Crippen molar-refractivity contribution in [3.05, 3.63) is 53.6 Å². The van der Waals surface area contributed by atoms with Crippen LogP contribution in [0.1, 0.15) is 24.2 Å². The first-order valence-electron chi connectivity index (χ1n) is 9.16. The molecule has 1 atom stereocenters. The minimum absolute atomic E-state index is 0.232. The Hall–Kier alpha value is -2.25. The number of fused-ring (bicyclic) bond motifs is 2. The second-order valence-corrected chi connectivity index (χ2v) is 6.87. The molecule has 1 saturated heterocycles. The van der Waals surface area contributed by atoms with Gasteiger partial charge in [-0.05, 0) is 30.8 Å². The molecule has 27 heavy (non-hydrogen) atoms. The Morgan fingerprint density at radius 2 is 1.78 bits per heavy atom. The van der Waals surface area contributed by atoms with Gasteiger partial charge < -0.3 is 15.0 Å². The summed E-state index contributed by atoms with van der Waals surface area (Å²) in [5, 5.41) is 3.31.